The van der Waals surface area contributed by atoms with Gasteiger partial charge in [-0.3, -0.25) is 0 Å². The molecule has 0 fully saturated rings. The Balaban J connectivity index is 1.20. The molecule has 3 heterocycles. The van der Waals surface area contributed by atoms with E-state index in [2.05, 4.69) is 60.7 Å². The molecule has 0 aliphatic rings. The Morgan fingerprint density at radius 1 is 0.396 bits per heavy atom. The van der Waals surface area contributed by atoms with E-state index >= 15 is 0 Å². The Labute approximate surface area is 274 Å². The molecule has 10 rings (SSSR count). The summed E-state index contributed by atoms with van der Waals surface area (Å²) in [6, 6.07) is 49.1. The van der Waals surface area contributed by atoms with Crippen LogP contribution in [0.2, 0.25) is 0 Å². The number of hydrogen-bond donors (Lipinski definition) is 0. The van der Waals surface area contributed by atoms with Gasteiger partial charge in [-0.2, -0.15) is 0 Å². The van der Waals surface area contributed by atoms with Crippen LogP contribution in [0.5, 0.6) is 0 Å². The van der Waals surface area contributed by atoms with Gasteiger partial charge in [0.2, 0.25) is 5.89 Å². The monoisotopic (exact) mass is 616 g/mol. The largest absolute Gasteiger partial charge is 0.455 e. The van der Waals surface area contributed by atoms with Gasteiger partial charge in [0.1, 0.15) is 16.7 Å². The fourth-order valence-electron chi connectivity index (χ4n) is 6.56. The Morgan fingerprint density at radius 2 is 1.02 bits per heavy atom. The molecule has 0 N–H and O–H groups in total. The summed E-state index contributed by atoms with van der Waals surface area (Å²) in [6.07, 6.45) is 0. The molecule has 0 aliphatic heterocycles. The van der Waals surface area contributed by atoms with Crippen molar-refractivity contribution in [1.82, 2.24) is 19.9 Å². The maximum atomic E-state index is 6.58. The average Bonchev–Trinajstić information content (AvgIpc) is 3.76. The molecule has 0 spiro atoms. The van der Waals surface area contributed by atoms with E-state index in [9.17, 15) is 0 Å². The lowest BCUT2D eigenvalue weighted by Crippen LogP contribution is -2.00. The second-order valence-corrected chi connectivity index (χ2v) is 11.9. The third-order valence-electron chi connectivity index (χ3n) is 8.93. The fourth-order valence-corrected chi connectivity index (χ4v) is 6.56. The topological polar surface area (TPSA) is 77.8 Å². The Hall–Kier alpha value is -6.66. The first kappa shape index (κ1) is 26.5. The lowest BCUT2D eigenvalue weighted by molar-refractivity contribution is 0.622. The van der Waals surface area contributed by atoms with Gasteiger partial charge in [0.05, 0.1) is 10.9 Å². The molecule has 0 unspecified atom stereocenters. The van der Waals surface area contributed by atoms with Crippen molar-refractivity contribution in [2.45, 2.75) is 0 Å². The van der Waals surface area contributed by atoms with Crippen molar-refractivity contribution in [2.24, 2.45) is 0 Å². The number of aromatic nitrogens is 4. The van der Waals surface area contributed by atoms with E-state index in [-0.39, 0.29) is 0 Å². The zero-order valence-electron chi connectivity index (χ0n) is 25.5. The van der Waals surface area contributed by atoms with Crippen LogP contribution < -0.4 is 0 Å². The van der Waals surface area contributed by atoms with E-state index in [1.807, 2.05) is 84.9 Å². The number of nitrogens with zero attached hydrogens (tertiary/aromatic N) is 4. The molecular formula is C42H24N4O2. The van der Waals surface area contributed by atoms with Gasteiger partial charge < -0.3 is 8.83 Å². The van der Waals surface area contributed by atoms with Crippen molar-refractivity contribution in [3.05, 3.63) is 146 Å². The van der Waals surface area contributed by atoms with E-state index in [0.717, 1.165) is 60.1 Å². The van der Waals surface area contributed by atoms with Crippen molar-refractivity contribution in [2.75, 3.05) is 0 Å². The maximum absolute atomic E-state index is 6.58. The van der Waals surface area contributed by atoms with Crippen LogP contribution >= 0.6 is 0 Å². The van der Waals surface area contributed by atoms with Crippen LogP contribution in [-0.2, 0) is 0 Å². The third kappa shape index (κ3) is 4.27. The second kappa shape index (κ2) is 10.4. The lowest BCUT2D eigenvalue weighted by atomic mass is 10.0. The molecular weight excluding hydrogens is 592 g/mol. The van der Waals surface area contributed by atoms with Gasteiger partial charge in [0.15, 0.2) is 23.1 Å². The van der Waals surface area contributed by atoms with Crippen molar-refractivity contribution in [1.29, 1.82) is 0 Å². The highest BCUT2D eigenvalue weighted by Gasteiger charge is 2.21. The smallest absolute Gasteiger partial charge is 0.227 e. The van der Waals surface area contributed by atoms with E-state index in [0.29, 0.717) is 40.1 Å². The van der Waals surface area contributed by atoms with Crippen molar-refractivity contribution in [3.8, 4) is 45.6 Å². The third-order valence-corrected chi connectivity index (χ3v) is 8.93. The number of rotatable bonds is 4. The summed E-state index contributed by atoms with van der Waals surface area (Å²) < 4.78 is 13.0. The normalized spacial score (nSPS) is 11.8. The molecule has 224 valence electrons. The maximum Gasteiger partial charge on any atom is 0.227 e. The molecule has 0 amide bonds. The molecule has 0 saturated heterocycles. The van der Waals surface area contributed by atoms with Gasteiger partial charge in [-0.25, -0.2) is 19.9 Å². The Kier molecular flexibility index (Phi) is 5.77. The predicted octanol–water partition coefficient (Wildman–Crippen LogP) is 10.9. The summed E-state index contributed by atoms with van der Waals surface area (Å²) in [5.74, 6) is 2.28. The van der Waals surface area contributed by atoms with Crippen molar-refractivity contribution < 1.29 is 8.83 Å². The molecule has 48 heavy (non-hydrogen) atoms. The van der Waals surface area contributed by atoms with Crippen LogP contribution in [0.1, 0.15) is 0 Å². The molecule has 0 aliphatic carbocycles. The van der Waals surface area contributed by atoms with Crippen LogP contribution in [0.4, 0.5) is 0 Å². The second-order valence-electron chi connectivity index (χ2n) is 11.9. The van der Waals surface area contributed by atoms with Crippen molar-refractivity contribution in [3.63, 3.8) is 0 Å². The van der Waals surface area contributed by atoms with Gasteiger partial charge in [-0.05, 0) is 64.0 Å². The quantitative estimate of drug-likeness (QED) is 0.196. The summed E-state index contributed by atoms with van der Waals surface area (Å²) >= 11 is 0. The minimum Gasteiger partial charge on any atom is -0.455 e. The van der Waals surface area contributed by atoms with Gasteiger partial charge in [-0.1, -0.05) is 103 Å². The van der Waals surface area contributed by atoms with Crippen LogP contribution in [0.15, 0.2) is 154 Å². The summed E-state index contributed by atoms with van der Waals surface area (Å²) in [7, 11) is 0. The number of para-hydroxylation sites is 1. The van der Waals surface area contributed by atoms with Gasteiger partial charge >= 0.3 is 0 Å². The molecule has 0 bridgehead atoms. The highest BCUT2D eigenvalue weighted by Crippen LogP contribution is 2.40. The van der Waals surface area contributed by atoms with E-state index in [1.54, 1.807) is 0 Å². The first-order valence-corrected chi connectivity index (χ1v) is 15.8. The number of hydrogen-bond acceptors (Lipinski definition) is 6. The van der Waals surface area contributed by atoms with Crippen LogP contribution in [0, 0.1) is 0 Å². The predicted molar refractivity (Wildman–Crippen MR) is 191 cm³/mol. The first-order chi connectivity index (χ1) is 23.7. The Bertz CT molecular complexity index is 2760. The van der Waals surface area contributed by atoms with Crippen LogP contribution in [0.25, 0.3) is 100 Å². The molecule has 6 heteroatoms. The van der Waals surface area contributed by atoms with Gasteiger partial charge in [0.25, 0.3) is 0 Å². The van der Waals surface area contributed by atoms with Gasteiger partial charge in [-0.15, -0.1) is 0 Å². The number of fused-ring (bicyclic) bond motifs is 7. The SMILES string of the molecule is c1ccc(-c2nc3ccc4oc5c(-c6nc(-c7ccc8ccccc8c7)nc(-c7ccc8ccccc8c7)n6)cccc5c4c3o2)cc1. The van der Waals surface area contributed by atoms with E-state index in [4.69, 9.17) is 28.8 Å². The highest BCUT2D eigenvalue weighted by molar-refractivity contribution is 6.18. The molecule has 3 aromatic heterocycles. The minimum absolute atomic E-state index is 0.528. The number of benzene rings is 7. The molecule has 0 atom stereocenters. The molecule has 0 saturated carbocycles. The zero-order valence-corrected chi connectivity index (χ0v) is 25.5. The first-order valence-electron chi connectivity index (χ1n) is 15.8. The molecule has 0 radical (unpaired) electrons. The van der Waals surface area contributed by atoms with Crippen molar-refractivity contribution >= 4 is 54.6 Å². The summed E-state index contributed by atoms with van der Waals surface area (Å²) in [4.78, 5) is 20.0. The molecule has 6 nitrogen and oxygen atoms in total. The molecule has 7 aromatic carbocycles. The summed E-state index contributed by atoms with van der Waals surface area (Å²) in [5.41, 5.74) is 6.35. The number of furan rings is 1. The minimum atomic E-state index is 0.528. The molecule has 10 aromatic rings. The zero-order chi connectivity index (χ0) is 31.6. The average molecular weight is 617 g/mol. The lowest BCUT2D eigenvalue weighted by Gasteiger charge is -2.10. The number of oxazole rings is 1. The highest BCUT2D eigenvalue weighted by atomic mass is 16.4. The van der Waals surface area contributed by atoms with Gasteiger partial charge in [0, 0.05) is 22.1 Å². The summed E-state index contributed by atoms with van der Waals surface area (Å²) in [6.45, 7) is 0. The van der Waals surface area contributed by atoms with E-state index < -0.39 is 0 Å². The van der Waals surface area contributed by atoms with E-state index in [1.165, 1.54) is 0 Å². The van der Waals surface area contributed by atoms with Crippen LogP contribution in [-0.4, -0.2) is 19.9 Å². The fraction of sp³-hybridized carbons (Fsp3) is 0. The Morgan fingerprint density at radius 3 is 1.71 bits per heavy atom. The summed E-state index contributed by atoms with van der Waals surface area (Å²) in [5, 5.41) is 6.34. The standard InChI is InChI=1S/C42H24N4O2/c1-2-11-27(12-3-1)42-43-34-21-22-35-36(38(34)48-42)32-15-8-16-33(37(32)47-35)41-45-39(30-19-17-25-9-4-6-13-28(25)23-30)44-40(46-41)31-20-18-26-10-5-7-14-29(26)24-31/h1-24H. The van der Waals surface area contributed by atoms with Crippen LogP contribution in [0.3, 0.4) is 0 Å².